The van der Waals surface area contributed by atoms with Gasteiger partial charge < -0.3 is 10.2 Å². The summed E-state index contributed by atoms with van der Waals surface area (Å²) < 4.78 is 0. The summed E-state index contributed by atoms with van der Waals surface area (Å²) >= 11 is 0. The Bertz CT molecular complexity index is 119. The minimum absolute atomic E-state index is 0.0516. The highest BCUT2D eigenvalue weighted by Gasteiger charge is 2.19. The molecule has 0 rings (SSSR count). The molecule has 0 amide bonds. The van der Waals surface area contributed by atoms with Crippen molar-refractivity contribution in [3.8, 4) is 0 Å². The van der Waals surface area contributed by atoms with Gasteiger partial charge in [-0.25, -0.2) is 4.90 Å². The van der Waals surface area contributed by atoms with Crippen molar-refractivity contribution in [2.24, 2.45) is 0 Å². The van der Waals surface area contributed by atoms with E-state index in [0.29, 0.717) is 12.8 Å². The predicted octanol–water partition coefficient (Wildman–Crippen LogP) is -0.145. The van der Waals surface area contributed by atoms with E-state index in [-0.39, 0.29) is 6.54 Å². The van der Waals surface area contributed by atoms with Crippen LogP contribution in [0.3, 0.4) is 0 Å². The zero-order valence-corrected chi connectivity index (χ0v) is 7.53. The van der Waals surface area contributed by atoms with E-state index in [9.17, 15) is 15.0 Å². The van der Waals surface area contributed by atoms with Gasteiger partial charge in [0.05, 0.1) is 6.54 Å². The van der Waals surface area contributed by atoms with E-state index in [4.69, 9.17) is 0 Å². The maximum absolute atomic E-state index is 10.1. The topological polar surface area (TPSA) is 60.8 Å². The third-order valence-electron chi connectivity index (χ3n) is 1.74. The van der Waals surface area contributed by atoms with Crippen molar-refractivity contribution in [3.63, 3.8) is 0 Å². The summed E-state index contributed by atoms with van der Waals surface area (Å²) in [6, 6.07) is 0. The smallest absolute Gasteiger partial charge is 0.213 e. The highest BCUT2D eigenvalue weighted by molar-refractivity contribution is 5.53. The first-order valence-electron chi connectivity index (χ1n) is 4.14. The first-order chi connectivity index (χ1) is 5.67. The second-order valence-electron chi connectivity index (χ2n) is 2.59. The zero-order valence-electron chi connectivity index (χ0n) is 7.53. The van der Waals surface area contributed by atoms with Gasteiger partial charge in [-0.2, -0.15) is 0 Å². The molecule has 0 aromatic heterocycles. The van der Waals surface area contributed by atoms with E-state index in [0.717, 1.165) is 0 Å². The molecule has 0 saturated heterocycles. The van der Waals surface area contributed by atoms with Gasteiger partial charge in [0.25, 0.3) is 0 Å². The van der Waals surface area contributed by atoms with Gasteiger partial charge in [0, 0.05) is 0 Å². The molecule has 2 N–H and O–H groups in total. The molecule has 12 heavy (non-hydrogen) atoms. The summed E-state index contributed by atoms with van der Waals surface area (Å²) in [7, 11) is 0. The summed E-state index contributed by atoms with van der Waals surface area (Å²) in [5.41, 5.74) is 0. The molecule has 2 unspecified atom stereocenters. The van der Waals surface area contributed by atoms with Crippen LogP contribution >= 0.6 is 0 Å². The Morgan fingerprint density at radius 2 is 1.67 bits per heavy atom. The molecule has 0 aliphatic heterocycles. The third-order valence-corrected chi connectivity index (χ3v) is 1.74. The minimum atomic E-state index is -0.763. The zero-order chi connectivity index (χ0) is 9.56. The largest absolute Gasteiger partial charge is 0.378 e. The van der Waals surface area contributed by atoms with E-state index in [1.54, 1.807) is 20.1 Å². The highest BCUT2D eigenvalue weighted by atomic mass is 16.3. The summed E-state index contributed by atoms with van der Waals surface area (Å²) in [6.45, 7) is 3.51. The molecule has 0 aliphatic rings. The predicted molar refractivity (Wildman–Crippen MR) is 45.0 cm³/mol. The Hall–Kier alpha value is -0.450. The summed E-state index contributed by atoms with van der Waals surface area (Å²) in [5, 5.41) is 18.7. The van der Waals surface area contributed by atoms with E-state index >= 15 is 0 Å². The third kappa shape index (κ3) is 3.30. The number of rotatable bonds is 6. The molecular weight excluding hydrogens is 158 g/mol. The normalized spacial score (nSPS) is 16.1. The molecule has 0 saturated carbocycles. The monoisotopic (exact) mass is 174 g/mol. The standard InChI is InChI=1S/C8H16NO3/c1-3-7(11)9(5-6-10)8(12)4-2/h7-8,11-12H,3-5H2,1-2H3. The van der Waals surface area contributed by atoms with Crippen molar-refractivity contribution in [1.82, 2.24) is 4.90 Å². The van der Waals surface area contributed by atoms with Crippen LogP contribution in [0.15, 0.2) is 0 Å². The van der Waals surface area contributed by atoms with Gasteiger partial charge in [0.15, 0.2) is 0 Å². The van der Waals surface area contributed by atoms with Crippen molar-refractivity contribution >= 4 is 6.29 Å². The maximum Gasteiger partial charge on any atom is 0.213 e. The van der Waals surface area contributed by atoms with Crippen LogP contribution in [0.5, 0.6) is 0 Å². The fourth-order valence-corrected chi connectivity index (χ4v) is 0.953. The van der Waals surface area contributed by atoms with E-state index < -0.39 is 12.5 Å². The van der Waals surface area contributed by atoms with Crippen LogP contribution in [0.2, 0.25) is 0 Å². The molecule has 2 atom stereocenters. The summed E-state index contributed by atoms with van der Waals surface area (Å²) in [5.74, 6) is 0. The van der Waals surface area contributed by atoms with E-state index in [2.05, 4.69) is 0 Å². The lowest BCUT2D eigenvalue weighted by molar-refractivity contribution is -0.0944. The molecule has 4 nitrogen and oxygen atoms in total. The quantitative estimate of drug-likeness (QED) is 0.550. The Morgan fingerprint density at radius 3 is 1.92 bits per heavy atom. The van der Waals surface area contributed by atoms with Crippen LogP contribution in [0.4, 0.5) is 0 Å². The number of carbonyl (C=O) groups excluding carboxylic acids is 1. The molecule has 0 aromatic carbocycles. The van der Waals surface area contributed by atoms with Crippen molar-refractivity contribution in [3.05, 3.63) is 0 Å². The van der Waals surface area contributed by atoms with Gasteiger partial charge in [0.2, 0.25) is 6.29 Å². The first-order valence-corrected chi connectivity index (χ1v) is 4.14. The molecular formula is C8H16NO3. The molecule has 0 aromatic rings. The molecule has 4 heteroatoms. The first kappa shape index (κ1) is 11.6. The van der Waals surface area contributed by atoms with Gasteiger partial charge in [-0.3, -0.25) is 4.79 Å². The van der Waals surface area contributed by atoms with Crippen LogP contribution in [0.25, 0.3) is 0 Å². The van der Waals surface area contributed by atoms with Gasteiger partial charge in [-0.05, 0) is 12.8 Å². The van der Waals surface area contributed by atoms with Gasteiger partial charge in [0.1, 0.15) is 12.5 Å². The molecule has 71 valence electrons. The van der Waals surface area contributed by atoms with Gasteiger partial charge >= 0.3 is 0 Å². The molecule has 0 bridgehead atoms. The summed E-state index contributed by atoms with van der Waals surface area (Å²) in [4.78, 5) is 11.4. The Morgan fingerprint density at radius 1 is 1.25 bits per heavy atom. The number of hydrogen-bond acceptors (Lipinski definition) is 4. The summed E-state index contributed by atoms with van der Waals surface area (Å²) in [6.07, 6.45) is 1.10. The molecule has 0 aliphatic carbocycles. The SMILES string of the molecule is CCC(O)N(C[C]=O)C(O)CC. The van der Waals surface area contributed by atoms with Crippen molar-refractivity contribution < 1.29 is 15.0 Å². The second-order valence-corrected chi connectivity index (χ2v) is 2.59. The average molecular weight is 174 g/mol. The lowest BCUT2D eigenvalue weighted by atomic mass is 10.3. The number of aliphatic hydroxyl groups is 2. The van der Waals surface area contributed by atoms with Crippen LogP contribution in [0.1, 0.15) is 26.7 Å². The molecule has 1 radical (unpaired) electrons. The van der Waals surface area contributed by atoms with Crippen LogP contribution in [-0.4, -0.2) is 40.4 Å². The fourth-order valence-electron chi connectivity index (χ4n) is 0.953. The number of hydrogen-bond donors (Lipinski definition) is 2. The van der Waals surface area contributed by atoms with Crippen LogP contribution < -0.4 is 0 Å². The van der Waals surface area contributed by atoms with Crippen LogP contribution in [-0.2, 0) is 4.79 Å². The average Bonchev–Trinajstić information content (AvgIpc) is 2.11. The second kappa shape index (κ2) is 6.11. The Balaban J connectivity index is 4.09. The van der Waals surface area contributed by atoms with E-state index in [1.807, 2.05) is 0 Å². The van der Waals surface area contributed by atoms with Gasteiger partial charge in [-0.15, -0.1) is 0 Å². The van der Waals surface area contributed by atoms with Crippen molar-refractivity contribution in [2.45, 2.75) is 39.1 Å². The maximum atomic E-state index is 10.1. The van der Waals surface area contributed by atoms with Gasteiger partial charge in [-0.1, -0.05) is 13.8 Å². The van der Waals surface area contributed by atoms with Crippen molar-refractivity contribution in [1.29, 1.82) is 0 Å². The van der Waals surface area contributed by atoms with Crippen LogP contribution in [0, 0.1) is 0 Å². The minimum Gasteiger partial charge on any atom is -0.378 e. The molecule has 0 fully saturated rings. The fraction of sp³-hybridized carbons (Fsp3) is 0.875. The lowest BCUT2D eigenvalue weighted by Crippen LogP contribution is -2.43. The molecule has 0 spiro atoms. The Labute approximate surface area is 72.8 Å². The number of nitrogens with zero attached hydrogens (tertiary/aromatic N) is 1. The lowest BCUT2D eigenvalue weighted by Gasteiger charge is -2.28. The number of aliphatic hydroxyl groups excluding tert-OH is 2. The molecule has 0 heterocycles. The van der Waals surface area contributed by atoms with E-state index in [1.165, 1.54) is 4.90 Å². The Kier molecular flexibility index (Phi) is 5.88. The van der Waals surface area contributed by atoms with Crippen molar-refractivity contribution in [2.75, 3.05) is 6.54 Å². The highest BCUT2D eigenvalue weighted by Crippen LogP contribution is 2.06.